The third kappa shape index (κ3) is 19.2. The summed E-state index contributed by atoms with van der Waals surface area (Å²) in [4.78, 5) is 55.5. The van der Waals surface area contributed by atoms with Crippen LogP contribution in [0.5, 0.6) is 0 Å². The zero-order chi connectivity index (χ0) is 75.4. The van der Waals surface area contributed by atoms with Crippen molar-refractivity contribution in [2.24, 2.45) is 0 Å². The number of sulfone groups is 2. The fourth-order valence-electron chi connectivity index (χ4n) is 14.5. The van der Waals surface area contributed by atoms with Gasteiger partial charge in [0.2, 0.25) is 0 Å². The van der Waals surface area contributed by atoms with Crippen molar-refractivity contribution in [1.29, 1.82) is 0 Å². The first-order valence-electron chi connectivity index (χ1n) is 34.6. The highest BCUT2D eigenvalue weighted by atomic mass is 35.5. The normalized spacial score (nSPS) is 19.0. The van der Waals surface area contributed by atoms with Crippen LogP contribution in [0.3, 0.4) is 0 Å². The van der Waals surface area contributed by atoms with Crippen LogP contribution in [0.4, 0.5) is 0 Å². The van der Waals surface area contributed by atoms with E-state index in [-0.39, 0.29) is 59.1 Å². The molecule has 2 heterocycles. The Morgan fingerprint density at radius 2 is 0.740 bits per heavy atom. The second-order valence-electron chi connectivity index (χ2n) is 28.3. The van der Waals surface area contributed by atoms with Crippen molar-refractivity contribution in [1.82, 2.24) is 9.80 Å². The van der Waals surface area contributed by atoms with E-state index in [1.807, 2.05) is 86.6 Å². The van der Waals surface area contributed by atoms with Gasteiger partial charge in [-0.05, 0) is 114 Å². The summed E-state index contributed by atoms with van der Waals surface area (Å²) in [5.74, 6) is -4.86. The van der Waals surface area contributed by atoms with E-state index in [9.17, 15) is 46.2 Å². The van der Waals surface area contributed by atoms with Gasteiger partial charge in [0.25, 0.3) is 28.4 Å². The number of carboxylic acids is 2. The lowest BCUT2D eigenvalue weighted by atomic mass is 9.89. The SMILES string of the molecule is CC[C@@H](CS(=O)(=O)CCO[Si](c1ccccc1)(c1ccccc1)C(C)(C)C)N1C(=O)[C@@H](CC(=O)O)O[C@H](c2cccc(Cl)c2)[C@H]1c1ccc(Cl)cc1.CC[C@@H](CS(=O)(=O)CCO[Si](c1ccccc1)(c1ccccc1)C(C)(C)C)N1C(=O)[C@H](CC(=O)O)O[C@H](c2cccc(Cl)c2)[C@H]1c1ccc(Cl)cc1. The molecular formula is C80H90Cl4N2O14S2Si2. The Morgan fingerprint density at radius 1 is 0.442 bits per heavy atom. The number of aliphatic carboxylic acids is 2. The van der Waals surface area contributed by atoms with Gasteiger partial charge in [-0.2, -0.15) is 0 Å². The number of amides is 2. The summed E-state index contributed by atoms with van der Waals surface area (Å²) in [7, 11) is -13.7. The largest absolute Gasteiger partial charge is 0.481 e. The van der Waals surface area contributed by atoms with Crippen molar-refractivity contribution in [2.45, 2.75) is 140 Å². The molecule has 0 aromatic heterocycles. The number of carboxylic acid groups (broad SMARTS) is 2. The Morgan fingerprint density at radius 3 is 1.00 bits per heavy atom. The van der Waals surface area contributed by atoms with Crippen LogP contribution in [0.1, 0.15) is 128 Å². The number of morpholine rings is 2. The summed E-state index contributed by atoms with van der Waals surface area (Å²) in [6.07, 6.45) is -5.00. The molecule has 0 spiro atoms. The van der Waals surface area contributed by atoms with E-state index in [0.717, 1.165) is 20.7 Å². The lowest BCUT2D eigenvalue weighted by Crippen LogP contribution is -2.66. The van der Waals surface area contributed by atoms with Crippen LogP contribution in [-0.4, -0.2) is 138 Å². The van der Waals surface area contributed by atoms with E-state index in [4.69, 9.17) is 64.7 Å². The first kappa shape index (κ1) is 81.1. The van der Waals surface area contributed by atoms with E-state index in [2.05, 4.69) is 90.1 Å². The van der Waals surface area contributed by atoms with Crippen molar-refractivity contribution >= 4 is 127 Å². The predicted molar refractivity (Wildman–Crippen MR) is 417 cm³/mol. The van der Waals surface area contributed by atoms with Gasteiger partial charge in [-0.25, -0.2) is 16.8 Å². The molecule has 0 unspecified atom stereocenters. The zero-order valence-corrected chi connectivity index (χ0v) is 66.1. The Kier molecular flexibility index (Phi) is 27.4. The molecular weight excluding hydrogens is 1470 g/mol. The molecule has 104 heavy (non-hydrogen) atoms. The van der Waals surface area contributed by atoms with Gasteiger partial charge >= 0.3 is 11.9 Å². The molecule has 0 aliphatic carbocycles. The molecule has 2 fully saturated rings. The maximum Gasteiger partial charge on any atom is 0.306 e. The van der Waals surface area contributed by atoms with Gasteiger partial charge in [0.15, 0.2) is 19.7 Å². The van der Waals surface area contributed by atoms with Crippen molar-refractivity contribution in [3.05, 3.63) is 261 Å². The quantitative estimate of drug-likeness (QED) is 0.0436. The van der Waals surface area contributed by atoms with Crippen LogP contribution < -0.4 is 20.7 Å². The van der Waals surface area contributed by atoms with Gasteiger partial charge in [-0.1, -0.05) is 272 Å². The Labute approximate surface area is 633 Å². The highest BCUT2D eigenvalue weighted by molar-refractivity contribution is 7.91. The van der Waals surface area contributed by atoms with Gasteiger partial charge in [0.1, 0.15) is 24.4 Å². The summed E-state index contributed by atoms with van der Waals surface area (Å²) in [5.41, 5.74) is 2.55. The smallest absolute Gasteiger partial charge is 0.306 e. The minimum Gasteiger partial charge on any atom is -0.481 e. The lowest BCUT2D eigenvalue weighted by molar-refractivity contribution is -0.182. The number of nitrogens with zero attached hydrogens (tertiary/aromatic N) is 2. The summed E-state index contributed by atoms with van der Waals surface area (Å²) in [6.45, 7) is 16.3. The highest BCUT2D eigenvalue weighted by Gasteiger charge is 2.54. The van der Waals surface area contributed by atoms with Crippen LogP contribution in [0, 0.1) is 0 Å². The maximum absolute atomic E-state index is 14.3. The zero-order valence-electron chi connectivity index (χ0n) is 59.5. The highest BCUT2D eigenvalue weighted by Crippen LogP contribution is 2.48. The van der Waals surface area contributed by atoms with E-state index < -0.39 is 121 Å². The summed E-state index contributed by atoms with van der Waals surface area (Å²) in [5, 5.41) is 24.8. The first-order chi connectivity index (χ1) is 49.3. The molecule has 0 radical (unpaired) electrons. The van der Waals surface area contributed by atoms with Crippen molar-refractivity contribution in [3.8, 4) is 0 Å². The standard InChI is InChI=1S/2C40H45Cl2NO7SSi/c2*1-5-32(27-51(47,48)24-23-49-52(40(2,3)4,33-15-8-6-9-16-33)34-17-10-7-11-18-34)43-37(28-19-21-30(41)22-20-28)38(29-13-12-14-31(42)25-29)50-35(39(43)46)26-36(44)45/h2*6-22,25,32,35,37-38H,5,23-24,26-27H2,1-4H3,(H,44,45)/t32-,35+,37+,38+;32-,35-,37+,38+/m00/s1. The molecule has 2 N–H and O–H groups in total. The number of carbonyl (C=O) groups is 4. The number of hydrogen-bond acceptors (Lipinski definition) is 12. The summed E-state index contributed by atoms with van der Waals surface area (Å²) >= 11 is 25.3. The number of ether oxygens (including phenoxy) is 2. The molecule has 8 atom stereocenters. The van der Waals surface area contributed by atoms with E-state index in [1.54, 1.807) is 97.1 Å². The van der Waals surface area contributed by atoms with Crippen molar-refractivity contribution in [2.75, 3.05) is 36.2 Å². The summed E-state index contributed by atoms with van der Waals surface area (Å²) in [6, 6.07) is 64.6. The average Bonchev–Trinajstić information content (AvgIpc) is 0.769. The fraction of sp³-hybridized carbons (Fsp3) is 0.350. The number of rotatable bonds is 28. The molecule has 8 aromatic carbocycles. The monoisotopic (exact) mass is 1560 g/mol. The molecule has 8 aromatic rings. The molecule has 24 heteroatoms. The van der Waals surface area contributed by atoms with Gasteiger partial charge in [-0.3, -0.25) is 19.2 Å². The van der Waals surface area contributed by atoms with Gasteiger partial charge < -0.3 is 38.3 Å². The van der Waals surface area contributed by atoms with Crippen LogP contribution in [-0.2, 0) is 57.2 Å². The summed E-state index contributed by atoms with van der Waals surface area (Å²) < 4.78 is 82.9. The number of carbonyl (C=O) groups excluding carboxylic acids is 2. The topological polar surface area (TPSA) is 220 Å². The lowest BCUT2D eigenvalue weighted by Gasteiger charge is -2.48. The van der Waals surface area contributed by atoms with Gasteiger partial charge in [0.05, 0.1) is 47.9 Å². The molecule has 10 rings (SSSR count). The third-order valence-corrected chi connectivity index (χ3v) is 33.7. The molecule has 2 saturated heterocycles. The van der Waals surface area contributed by atoms with Crippen molar-refractivity contribution in [3.63, 3.8) is 0 Å². The number of benzene rings is 8. The maximum atomic E-state index is 14.3. The Bertz CT molecular complexity index is 4090. The first-order valence-corrected chi connectivity index (χ1v) is 43.6. The molecule has 0 saturated carbocycles. The van der Waals surface area contributed by atoms with Crippen LogP contribution >= 0.6 is 46.4 Å². The second kappa shape index (κ2) is 35.1. The van der Waals surface area contributed by atoms with Gasteiger partial charge in [0, 0.05) is 45.4 Å². The number of halogens is 4. The van der Waals surface area contributed by atoms with Crippen LogP contribution in [0.25, 0.3) is 0 Å². The Hall–Kier alpha value is -7.03. The Balaban J connectivity index is 0.000000241. The molecule has 552 valence electrons. The minimum absolute atomic E-state index is 0.0451. The molecule has 2 amide bonds. The fourth-order valence-corrected chi connectivity index (χ4v) is 27.6. The molecule has 16 nitrogen and oxygen atoms in total. The predicted octanol–water partition coefficient (Wildman–Crippen LogP) is 14.5. The van der Waals surface area contributed by atoms with Crippen LogP contribution in [0.15, 0.2) is 218 Å². The van der Waals surface area contributed by atoms with E-state index >= 15 is 0 Å². The molecule has 0 bridgehead atoms. The third-order valence-electron chi connectivity index (χ3n) is 19.2. The van der Waals surface area contributed by atoms with Crippen molar-refractivity contribution < 1.29 is 64.6 Å². The van der Waals surface area contributed by atoms with E-state index in [0.29, 0.717) is 42.3 Å². The minimum atomic E-state index is -3.84. The molecule has 2 aliphatic rings. The second-order valence-corrected chi connectivity index (χ2v) is 43.1. The van der Waals surface area contributed by atoms with E-state index in [1.165, 1.54) is 9.80 Å². The number of hydrogen-bond donors (Lipinski definition) is 2. The van der Waals surface area contributed by atoms with Gasteiger partial charge in [-0.15, -0.1) is 0 Å². The molecule has 2 aliphatic heterocycles. The van der Waals surface area contributed by atoms with Crippen LogP contribution in [0.2, 0.25) is 30.2 Å². The average molecular weight is 1570 g/mol.